The standard InChI is InChI=1S/C7H5FOS/c8-7(10-9)6-4-2-1-3-5-6/h1-5H. The second-order valence-corrected chi connectivity index (χ2v) is 2.25. The highest BCUT2D eigenvalue weighted by Crippen LogP contribution is 1.99. The first-order valence-electron chi connectivity index (χ1n) is 2.72. The minimum absolute atomic E-state index is 0.122. The summed E-state index contributed by atoms with van der Waals surface area (Å²) in [5, 5.41) is -0.680. The quantitative estimate of drug-likeness (QED) is 0.443. The fraction of sp³-hybridized carbons (Fsp3) is 0. The average molecular weight is 156 g/mol. The van der Waals surface area contributed by atoms with Gasteiger partial charge in [-0.25, -0.2) is 4.21 Å². The van der Waals surface area contributed by atoms with Crippen LogP contribution in [0.15, 0.2) is 30.3 Å². The maximum absolute atomic E-state index is 12.4. The third kappa shape index (κ3) is 1.51. The van der Waals surface area contributed by atoms with Crippen molar-refractivity contribution in [3.8, 4) is 0 Å². The van der Waals surface area contributed by atoms with Crippen molar-refractivity contribution in [2.45, 2.75) is 0 Å². The SMILES string of the molecule is O=S=C(F)c1ccccc1. The Balaban J connectivity index is 3.08. The maximum atomic E-state index is 12.4. The van der Waals surface area contributed by atoms with Crippen molar-refractivity contribution in [1.82, 2.24) is 0 Å². The smallest absolute Gasteiger partial charge is 0.209 e. The Labute approximate surface area is 61.6 Å². The molecule has 0 bridgehead atoms. The van der Waals surface area contributed by atoms with E-state index in [9.17, 15) is 8.60 Å². The van der Waals surface area contributed by atoms with Crippen LogP contribution in [0.5, 0.6) is 0 Å². The molecule has 0 atom stereocenters. The van der Waals surface area contributed by atoms with E-state index in [0.717, 1.165) is 0 Å². The average Bonchev–Trinajstić information content (AvgIpc) is 2.05. The largest absolute Gasteiger partial charge is 0.222 e. The van der Waals surface area contributed by atoms with Crippen molar-refractivity contribution in [1.29, 1.82) is 0 Å². The summed E-state index contributed by atoms with van der Waals surface area (Å²) in [6, 6.07) is 8.25. The van der Waals surface area contributed by atoms with E-state index in [-0.39, 0.29) is 11.3 Å². The molecule has 1 aromatic carbocycles. The van der Waals surface area contributed by atoms with Crippen LogP contribution in [0.1, 0.15) is 5.56 Å². The lowest BCUT2D eigenvalue weighted by Crippen LogP contribution is -1.89. The zero-order valence-corrected chi connectivity index (χ0v) is 5.90. The first-order valence-corrected chi connectivity index (χ1v) is 3.46. The monoisotopic (exact) mass is 156 g/mol. The molecule has 0 amide bonds. The van der Waals surface area contributed by atoms with Gasteiger partial charge < -0.3 is 0 Å². The fourth-order valence-corrected chi connectivity index (χ4v) is 0.850. The Bertz CT molecular complexity index is 264. The Morgan fingerprint density at radius 2 is 1.90 bits per heavy atom. The summed E-state index contributed by atoms with van der Waals surface area (Å²) in [6.07, 6.45) is 0. The van der Waals surface area contributed by atoms with Gasteiger partial charge in [0, 0.05) is 5.56 Å². The lowest BCUT2D eigenvalue weighted by molar-refractivity contribution is 0.698. The summed E-state index contributed by atoms with van der Waals surface area (Å²) in [7, 11) is 0. The predicted molar refractivity (Wildman–Crippen MR) is 39.8 cm³/mol. The van der Waals surface area contributed by atoms with Crippen LogP contribution in [-0.4, -0.2) is 9.33 Å². The third-order valence-electron chi connectivity index (χ3n) is 1.07. The predicted octanol–water partition coefficient (Wildman–Crippen LogP) is 1.35. The summed E-state index contributed by atoms with van der Waals surface area (Å²) in [5.74, 6) is 0. The number of hydrogen-bond acceptors (Lipinski definition) is 1. The van der Waals surface area contributed by atoms with E-state index >= 15 is 0 Å². The second-order valence-electron chi connectivity index (χ2n) is 1.72. The molecule has 0 radical (unpaired) electrons. The topological polar surface area (TPSA) is 17.1 Å². The summed E-state index contributed by atoms with van der Waals surface area (Å²) in [5.41, 5.74) is 0.350. The Hall–Kier alpha value is -0.960. The zero-order valence-electron chi connectivity index (χ0n) is 5.08. The van der Waals surface area contributed by atoms with Crippen molar-refractivity contribution >= 4 is 16.4 Å². The van der Waals surface area contributed by atoms with Crippen LogP contribution >= 0.6 is 0 Å². The molecule has 3 heteroatoms. The molecule has 1 nitrogen and oxygen atoms in total. The van der Waals surface area contributed by atoms with Crippen molar-refractivity contribution in [3.63, 3.8) is 0 Å². The van der Waals surface area contributed by atoms with Gasteiger partial charge in [0.2, 0.25) is 5.12 Å². The van der Waals surface area contributed by atoms with Gasteiger partial charge in [0.15, 0.2) is 0 Å². The molecule has 0 unspecified atom stereocenters. The van der Waals surface area contributed by atoms with Gasteiger partial charge in [0.25, 0.3) is 0 Å². The molecule has 0 aliphatic carbocycles. The van der Waals surface area contributed by atoms with E-state index in [1.165, 1.54) is 0 Å². The molecule has 0 aliphatic heterocycles. The highest BCUT2D eigenvalue weighted by molar-refractivity contribution is 7.66. The molecule has 1 aromatic rings. The lowest BCUT2D eigenvalue weighted by Gasteiger charge is -1.88. The van der Waals surface area contributed by atoms with Gasteiger partial charge in [-0.1, -0.05) is 30.3 Å². The van der Waals surface area contributed by atoms with Crippen molar-refractivity contribution < 1.29 is 8.60 Å². The Morgan fingerprint density at radius 1 is 1.30 bits per heavy atom. The van der Waals surface area contributed by atoms with Gasteiger partial charge >= 0.3 is 0 Å². The summed E-state index contributed by atoms with van der Waals surface area (Å²) in [4.78, 5) is 0. The van der Waals surface area contributed by atoms with Crippen molar-refractivity contribution in [2.24, 2.45) is 0 Å². The molecule has 0 aliphatic rings. The van der Waals surface area contributed by atoms with Crippen LogP contribution in [-0.2, 0) is 11.3 Å². The molecule has 52 valence electrons. The molecule has 10 heavy (non-hydrogen) atoms. The lowest BCUT2D eigenvalue weighted by atomic mass is 10.2. The van der Waals surface area contributed by atoms with Gasteiger partial charge in [-0.05, 0) is 0 Å². The van der Waals surface area contributed by atoms with Gasteiger partial charge in [-0.3, -0.25) is 0 Å². The molecule has 0 fully saturated rings. The highest BCUT2D eigenvalue weighted by atomic mass is 32.1. The minimum atomic E-state index is -0.680. The fourth-order valence-electron chi connectivity index (χ4n) is 0.617. The van der Waals surface area contributed by atoms with E-state index in [2.05, 4.69) is 0 Å². The number of hydrogen-bond donors (Lipinski definition) is 0. The zero-order chi connectivity index (χ0) is 7.40. The molecule has 0 saturated carbocycles. The molecule has 0 N–H and O–H groups in total. The number of rotatable bonds is 1. The Kier molecular flexibility index (Phi) is 2.34. The van der Waals surface area contributed by atoms with Crippen LogP contribution in [0.3, 0.4) is 0 Å². The number of halogens is 1. The van der Waals surface area contributed by atoms with Crippen LogP contribution in [0.25, 0.3) is 0 Å². The highest BCUT2D eigenvalue weighted by Gasteiger charge is 1.96. The van der Waals surface area contributed by atoms with Crippen LogP contribution in [0.2, 0.25) is 0 Å². The van der Waals surface area contributed by atoms with E-state index in [1.807, 2.05) is 0 Å². The molecule has 0 saturated heterocycles. The van der Waals surface area contributed by atoms with E-state index in [4.69, 9.17) is 0 Å². The number of benzene rings is 1. The van der Waals surface area contributed by atoms with Gasteiger partial charge in [0.05, 0.1) is 0 Å². The third-order valence-corrected chi connectivity index (χ3v) is 1.46. The molecular formula is C7H5FOS. The summed E-state index contributed by atoms with van der Waals surface area (Å²) >= 11 is -0.122. The van der Waals surface area contributed by atoms with Crippen molar-refractivity contribution in [2.75, 3.05) is 0 Å². The normalized spacial score (nSPS) is 8.90. The van der Waals surface area contributed by atoms with Crippen LogP contribution in [0, 0.1) is 0 Å². The Morgan fingerprint density at radius 3 is 2.40 bits per heavy atom. The molecule has 0 aromatic heterocycles. The molecule has 1 rings (SSSR count). The second kappa shape index (κ2) is 3.27. The minimum Gasteiger partial charge on any atom is -0.209 e. The van der Waals surface area contributed by atoms with E-state index in [0.29, 0.717) is 5.56 Å². The summed E-state index contributed by atoms with van der Waals surface area (Å²) < 4.78 is 22.4. The summed E-state index contributed by atoms with van der Waals surface area (Å²) in [6.45, 7) is 0. The van der Waals surface area contributed by atoms with E-state index < -0.39 is 5.12 Å². The van der Waals surface area contributed by atoms with Crippen LogP contribution < -0.4 is 0 Å². The molecule has 0 spiro atoms. The molecular weight excluding hydrogens is 151 g/mol. The van der Waals surface area contributed by atoms with Gasteiger partial charge in [-0.2, -0.15) is 4.39 Å². The van der Waals surface area contributed by atoms with Crippen LogP contribution in [0.4, 0.5) is 4.39 Å². The van der Waals surface area contributed by atoms with Crippen molar-refractivity contribution in [3.05, 3.63) is 35.9 Å². The van der Waals surface area contributed by atoms with Gasteiger partial charge in [-0.15, -0.1) is 0 Å². The van der Waals surface area contributed by atoms with E-state index in [1.54, 1.807) is 30.3 Å². The first kappa shape index (κ1) is 7.15. The van der Waals surface area contributed by atoms with Gasteiger partial charge in [0.1, 0.15) is 11.3 Å². The maximum Gasteiger partial charge on any atom is 0.222 e. The first-order chi connectivity index (χ1) is 4.84. The molecule has 0 heterocycles.